The molecule has 116 valence electrons. The average molecular weight is 350 g/mol. The number of benzene rings is 1. The zero-order valence-electron chi connectivity index (χ0n) is 13.3. The monoisotopic (exact) mass is 349 g/mol. The third-order valence-corrected chi connectivity index (χ3v) is 6.31. The molecule has 2 bridgehead atoms. The average Bonchev–Trinajstić information content (AvgIpc) is 3.06. The molecule has 21 heavy (non-hydrogen) atoms. The van der Waals surface area contributed by atoms with Gasteiger partial charge in [0.25, 0.3) is 0 Å². The fraction of sp³-hybridized carbons (Fsp3) is 0.684. The molecular weight excluding hydrogens is 322 g/mol. The molecule has 0 aromatic heterocycles. The Morgan fingerprint density at radius 2 is 2.00 bits per heavy atom. The lowest BCUT2D eigenvalue weighted by molar-refractivity contribution is 0.289. The van der Waals surface area contributed by atoms with Crippen molar-refractivity contribution in [2.24, 2.45) is 17.8 Å². The number of fused-ring (bicyclic) bond motifs is 2. The smallest absolute Gasteiger partial charge is 0.0210 e. The SMILES string of the molecule is CC(C)NCC(CC1CC2CCC1C2)c1ccccc1Br. The lowest BCUT2D eigenvalue weighted by Gasteiger charge is -2.28. The van der Waals surface area contributed by atoms with E-state index in [1.807, 2.05) is 0 Å². The number of nitrogens with one attached hydrogen (secondary N) is 1. The molecule has 3 rings (SSSR count). The Bertz CT molecular complexity index is 470. The second-order valence-electron chi connectivity index (χ2n) is 7.45. The van der Waals surface area contributed by atoms with Crippen molar-refractivity contribution < 1.29 is 0 Å². The van der Waals surface area contributed by atoms with Gasteiger partial charge in [0.1, 0.15) is 0 Å². The van der Waals surface area contributed by atoms with Crippen LogP contribution >= 0.6 is 15.9 Å². The predicted octanol–water partition coefficient (Wildman–Crippen LogP) is 5.36. The van der Waals surface area contributed by atoms with Crippen LogP contribution in [0.5, 0.6) is 0 Å². The summed E-state index contributed by atoms with van der Waals surface area (Å²) in [6, 6.07) is 9.37. The minimum absolute atomic E-state index is 0.565. The third-order valence-electron chi connectivity index (χ3n) is 5.59. The Morgan fingerprint density at radius 3 is 2.62 bits per heavy atom. The van der Waals surface area contributed by atoms with Gasteiger partial charge in [-0.2, -0.15) is 0 Å². The van der Waals surface area contributed by atoms with Crippen LogP contribution in [0, 0.1) is 17.8 Å². The van der Waals surface area contributed by atoms with E-state index in [4.69, 9.17) is 0 Å². The first kappa shape index (κ1) is 15.6. The molecule has 1 aromatic carbocycles. The van der Waals surface area contributed by atoms with Crippen LogP contribution in [0.15, 0.2) is 28.7 Å². The van der Waals surface area contributed by atoms with E-state index in [-0.39, 0.29) is 0 Å². The molecule has 4 atom stereocenters. The van der Waals surface area contributed by atoms with Crippen molar-refractivity contribution in [3.05, 3.63) is 34.3 Å². The van der Waals surface area contributed by atoms with Gasteiger partial charge < -0.3 is 5.32 Å². The van der Waals surface area contributed by atoms with Crippen molar-refractivity contribution in [2.75, 3.05) is 6.54 Å². The van der Waals surface area contributed by atoms with E-state index in [1.165, 1.54) is 42.1 Å². The molecule has 2 fully saturated rings. The molecule has 0 heterocycles. The van der Waals surface area contributed by atoms with Gasteiger partial charge in [-0.3, -0.25) is 0 Å². The highest BCUT2D eigenvalue weighted by Crippen LogP contribution is 2.51. The highest BCUT2D eigenvalue weighted by molar-refractivity contribution is 9.10. The van der Waals surface area contributed by atoms with Gasteiger partial charge in [0.15, 0.2) is 0 Å². The molecular formula is C19H28BrN. The van der Waals surface area contributed by atoms with Crippen molar-refractivity contribution in [3.63, 3.8) is 0 Å². The van der Waals surface area contributed by atoms with Crippen molar-refractivity contribution >= 4 is 15.9 Å². The first-order valence-corrected chi connectivity index (χ1v) is 9.40. The lowest BCUT2D eigenvalue weighted by Crippen LogP contribution is -2.29. The number of halogens is 1. The van der Waals surface area contributed by atoms with Crippen LogP contribution < -0.4 is 5.32 Å². The molecule has 0 radical (unpaired) electrons. The Balaban J connectivity index is 1.71. The van der Waals surface area contributed by atoms with Crippen LogP contribution in [-0.2, 0) is 0 Å². The van der Waals surface area contributed by atoms with E-state index in [0.717, 1.165) is 24.3 Å². The number of rotatable bonds is 6. The molecule has 2 aliphatic carbocycles. The van der Waals surface area contributed by atoms with Crippen molar-refractivity contribution in [1.29, 1.82) is 0 Å². The van der Waals surface area contributed by atoms with E-state index in [0.29, 0.717) is 12.0 Å². The summed E-state index contributed by atoms with van der Waals surface area (Å²) in [4.78, 5) is 0. The summed E-state index contributed by atoms with van der Waals surface area (Å²) in [7, 11) is 0. The van der Waals surface area contributed by atoms with Gasteiger partial charge >= 0.3 is 0 Å². The Kier molecular flexibility index (Phi) is 5.06. The van der Waals surface area contributed by atoms with Gasteiger partial charge in [-0.15, -0.1) is 0 Å². The van der Waals surface area contributed by atoms with Crippen LogP contribution in [0.3, 0.4) is 0 Å². The van der Waals surface area contributed by atoms with Crippen LogP contribution in [-0.4, -0.2) is 12.6 Å². The molecule has 1 aromatic rings. The molecule has 2 aliphatic rings. The summed E-state index contributed by atoms with van der Waals surface area (Å²) in [6.07, 6.45) is 7.38. The first-order chi connectivity index (χ1) is 10.1. The minimum Gasteiger partial charge on any atom is -0.314 e. The van der Waals surface area contributed by atoms with E-state index < -0.39 is 0 Å². The maximum Gasteiger partial charge on any atom is 0.0210 e. The third kappa shape index (κ3) is 3.71. The first-order valence-electron chi connectivity index (χ1n) is 8.61. The van der Waals surface area contributed by atoms with Crippen LogP contribution in [0.1, 0.15) is 57.4 Å². The second kappa shape index (κ2) is 6.83. The number of hydrogen-bond donors (Lipinski definition) is 1. The Morgan fingerprint density at radius 1 is 1.19 bits per heavy atom. The summed E-state index contributed by atoms with van der Waals surface area (Å²) >= 11 is 3.77. The predicted molar refractivity (Wildman–Crippen MR) is 93.6 cm³/mol. The fourth-order valence-corrected chi connectivity index (χ4v) is 5.14. The largest absolute Gasteiger partial charge is 0.314 e. The van der Waals surface area contributed by atoms with E-state index in [1.54, 1.807) is 0 Å². The fourth-order valence-electron chi connectivity index (χ4n) is 4.53. The van der Waals surface area contributed by atoms with Crippen molar-refractivity contribution in [2.45, 2.75) is 57.9 Å². The molecule has 2 heteroatoms. The number of hydrogen-bond acceptors (Lipinski definition) is 1. The maximum absolute atomic E-state index is 3.77. The highest BCUT2D eigenvalue weighted by atomic mass is 79.9. The van der Waals surface area contributed by atoms with E-state index in [2.05, 4.69) is 59.4 Å². The minimum atomic E-state index is 0.565. The molecule has 1 N–H and O–H groups in total. The summed E-state index contributed by atoms with van der Waals surface area (Å²) in [5.41, 5.74) is 1.49. The topological polar surface area (TPSA) is 12.0 Å². The molecule has 2 saturated carbocycles. The highest BCUT2D eigenvalue weighted by Gasteiger charge is 2.40. The molecule has 0 saturated heterocycles. The maximum atomic E-state index is 3.77. The standard InChI is InChI=1S/C19H28BrN/c1-13(2)21-12-17(18-5-3-4-6-19(18)20)11-16-10-14-7-8-15(16)9-14/h3-6,13-17,21H,7-12H2,1-2H3. The molecule has 0 aliphatic heterocycles. The van der Waals surface area contributed by atoms with Gasteiger partial charge in [0.2, 0.25) is 0 Å². The van der Waals surface area contributed by atoms with Crippen LogP contribution in [0.2, 0.25) is 0 Å². The van der Waals surface area contributed by atoms with Gasteiger partial charge in [-0.05, 0) is 61.0 Å². The Hall–Kier alpha value is -0.340. The molecule has 1 nitrogen and oxygen atoms in total. The summed E-state index contributed by atoms with van der Waals surface area (Å²) in [5, 5.41) is 3.67. The summed E-state index contributed by atoms with van der Waals surface area (Å²) in [5.74, 6) is 3.69. The molecule has 4 unspecified atom stereocenters. The normalized spacial score (nSPS) is 29.2. The van der Waals surface area contributed by atoms with Crippen molar-refractivity contribution in [1.82, 2.24) is 5.32 Å². The Labute approximate surface area is 138 Å². The second-order valence-corrected chi connectivity index (χ2v) is 8.31. The van der Waals surface area contributed by atoms with Gasteiger partial charge in [0, 0.05) is 17.1 Å². The van der Waals surface area contributed by atoms with Gasteiger partial charge in [-0.25, -0.2) is 0 Å². The zero-order chi connectivity index (χ0) is 14.8. The van der Waals surface area contributed by atoms with Crippen LogP contribution in [0.4, 0.5) is 0 Å². The van der Waals surface area contributed by atoms with Gasteiger partial charge in [-0.1, -0.05) is 54.4 Å². The summed E-state index contributed by atoms with van der Waals surface area (Å²) in [6.45, 7) is 5.59. The van der Waals surface area contributed by atoms with Gasteiger partial charge in [0.05, 0.1) is 0 Å². The summed E-state index contributed by atoms with van der Waals surface area (Å²) < 4.78 is 1.28. The van der Waals surface area contributed by atoms with E-state index in [9.17, 15) is 0 Å². The quantitative estimate of drug-likeness (QED) is 0.729. The zero-order valence-corrected chi connectivity index (χ0v) is 14.9. The van der Waals surface area contributed by atoms with Crippen LogP contribution in [0.25, 0.3) is 0 Å². The lowest BCUT2D eigenvalue weighted by atomic mass is 9.80. The molecule has 0 amide bonds. The molecule has 0 spiro atoms. The van der Waals surface area contributed by atoms with E-state index >= 15 is 0 Å². The van der Waals surface area contributed by atoms with Crippen molar-refractivity contribution in [3.8, 4) is 0 Å².